The molecule has 0 saturated carbocycles. The largest absolute Gasteiger partial charge is 0.323 e. The minimum Gasteiger partial charge on any atom is -0.323 e. The Labute approximate surface area is 125 Å². The predicted molar refractivity (Wildman–Crippen MR) is 82.9 cm³/mol. The van der Waals surface area contributed by atoms with Crippen molar-refractivity contribution in [2.45, 2.75) is 38.6 Å². The van der Waals surface area contributed by atoms with Gasteiger partial charge in [-0.1, -0.05) is 25.5 Å². The van der Waals surface area contributed by atoms with Crippen molar-refractivity contribution in [1.82, 2.24) is 10.2 Å². The second-order valence-corrected chi connectivity index (χ2v) is 5.50. The van der Waals surface area contributed by atoms with Crippen LogP contribution in [0.1, 0.15) is 32.6 Å². The highest BCUT2D eigenvalue weighted by atomic mass is 19.1. The number of unbranched alkanes of at least 4 members (excludes halogenated alkanes) is 1. The van der Waals surface area contributed by atoms with Crippen LogP contribution in [0, 0.1) is 5.82 Å². The molecule has 2 amide bonds. The number of benzene rings is 1. The van der Waals surface area contributed by atoms with Crippen molar-refractivity contribution >= 4 is 11.7 Å². The summed E-state index contributed by atoms with van der Waals surface area (Å²) in [5.74, 6) is -0.403. The molecule has 21 heavy (non-hydrogen) atoms. The maximum atomic E-state index is 13.6. The fraction of sp³-hybridized carbons (Fsp3) is 0.562. The van der Waals surface area contributed by atoms with Crippen LogP contribution >= 0.6 is 0 Å². The summed E-state index contributed by atoms with van der Waals surface area (Å²) < 4.78 is 13.6. The van der Waals surface area contributed by atoms with Crippen molar-refractivity contribution in [3.63, 3.8) is 0 Å². The van der Waals surface area contributed by atoms with Crippen LogP contribution < -0.4 is 10.6 Å². The van der Waals surface area contributed by atoms with Crippen LogP contribution in [-0.2, 0) is 0 Å². The highest BCUT2D eigenvalue weighted by Gasteiger charge is 2.21. The third-order valence-electron chi connectivity index (χ3n) is 3.79. The average Bonchev–Trinajstić information content (AvgIpc) is 2.98. The summed E-state index contributed by atoms with van der Waals surface area (Å²) in [5.41, 5.74) is 0.239. The van der Waals surface area contributed by atoms with E-state index in [-0.39, 0.29) is 11.7 Å². The van der Waals surface area contributed by atoms with Crippen molar-refractivity contribution in [2.24, 2.45) is 0 Å². The van der Waals surface area contributed by atoms with Gasteiger partial charge in [0.05, 0.1) is 5.69 Å². The Morgan fingerprint density at radius 1 is 1.48 bits per heavy atom. The van der Waals surface area contributed by atoms with Gasteiger partial charge in [-0.05, 0) is 37.9 Å². The first kappa shape index (κ1) is 15.8. The Morgan fingerprint density at radius 2 is 2.29 bits per heavy atom. The van der Waals surface area contributed by atoms with E-state index >= 15 is 0 Å². The normalized spacial score (nSPS) is 17.7. The maximum absolute atomic E-state index is 13.6. The molecule has 1 fully saturated rings. The zero-order valence-corrected chi connectivity index (χ0v) is 12.6. The number of hydrogen-bond acceptors (Lipinski definition) is 2. The smallest absolute Gasteiger partial charge is 0.321 e. The van der Waals surface area contributed by atoms with Crippen LogP contribution in [0.4, 0.5) is 14.9 Å². The van der Waals surface area contributed by atoms with Gasteiger partial charge in [0.15, 0.2) is 0 Å². The molecule has 4 nitrogen and oxygen atoms in total. The molecule has 2 N–H and O–H groups in total. The molecule has 1 heterocycles. The van der Waals surface area contributed by atoms with Crippen LogP contribution in [-0.4, -0.2) is 36.6 Å². The van der Waals surface area contributed by atoms with E-state index in [0.29, 0.717) is 19.1 Å². The molecule has 0 aliphatic carbocycles. The molecule has 1 aromatic carbocycles. The molecule has 0 aromatic heterocycles. The van der Waals surface area contributed by atoms with Gasteiger partial charge in [0, 0.05) is 19.1 Å². The van der Waals surface area contributed by atoms with Crippen molar-refractivity contribution in [3.05, 3.63) is 30.1 Å². The Balaban J connectivity index is 1.97. The fourth-order valence-corrected chi connectivity index (χ4v) is 2.56. The number of para-hydroxylation sites is 1. The number of carbonyl (C=O) groups is 1. The standard InChI is InChI=1S/C16H24FN3O/c1-2-3-11-20(12-13-7-6-10-18-13)16(21)19-15-9-5-4-8-14(15)17/h4-5,8-9,13,18H,2-3,6-7,10-12H2,1H3,(H,19,21). The first-order valence-electron chi connectivity index (χ1n) is 7.74. The molecule has 1 unspecified atom stereocenters. The van der Waals surface area contributed by atoms with Crippen LogP contribution in [0.2, 0.25) is 0 Å². The zero-order valence-electron chi connectivity index (χ0n) is 12.6. The molecule has 2 rings (SSSR count). The van der Waals surface area contributed by atoms with E-state index in [1.54, 1.807) is 23.1 Å². The molecule has 5 heteroatoms. The summed E-state index contributed by atoms with van der Waals surface area (Å²) in [6.45, 7) is 4.50. The van der Waals surface area contributed by atoms with Gasteiger partial charge in [-0.25, -0.2) is 9.18 Å². The molecule has 0 radical (unpaired) electrons. The topological polar surface area (TPSA) is 44.4 Å². The van der Waals surface area contributed by atoms with Gasteiger partial charge >= 0.3 is 6.03 Å². The van der Waals surface area contributed by atoms with Crippen LogP contribution in [0.5, 0.6) is 0 Å². The monoisotopic (exact) mass is 293 g/mol. The lowest BCUT2D eigenvalue weighted by atomic mass is 10.2. The Hall–Kier alpha value is -1.62. The molecule has 1 atom stereocenters. The molecule has 1 aromatic rings. The summed E-state index contributed by atoms with van der Waals surface area (Å²) in [5, 5.41) is 6.08. The number of urea groups is 1. The van der Waals surface area contributed by atoms with Gasteiger partial charge < -0.3 is 15.5 Å². The van der Waals surface area contributed by atoms with E-state index in [1.807, 2.05) is 0 Å². The van der Waals surface area contributed by atoms with Crippen molar-refractivity contribution in [2.75, 3.05) is 25.0 Å². The van der Waals surface area contributed by atoms with E-state index in [0.717, 1.165) is 32.2 Å². The molecule has 0 bridgehead atoms. The average molecular weight is 293 g/mol. The summed E-state index contributed by atoms with van der Waals surface area (Å²) in [6.07, 6.45) is 4.23. The third kappa shape index (κ3) is 4.70. The number of carbonyl (C=O) groups excluding carboxylic acids is 1. The molecule has 1 aliphatic heterocycles. The Bertz CT molecular complexity index is 461. The molecule has 0 spiro atoms. The fourth-order valence-electron chi connectivity index (χ4n) is 2.56. The lowest BCUT2D eigenvalue weighted by Crippen LogP contribution is -2.43. The third-order valence-corrected chi connectivity index (χ3v) is 3.79. The van der Waals surface area contributed by atoms with Crippen LogP contribution in [0.15, 0.2) is 24.3 Å². The number of rotatable bonds is 6. The van der Waals surface area contributed by atoms with Crippen molar-refractivity contribution in [1.29, 1.82) is 0 Å². The number of nitrogens with one attached hydrogen (secondary N) is 2. The first-order valence-corrected chi connectivity index (χ1v) is 7.74. The van der Waals surface area contributed by atoms with Gasteiger partial charge in [-0.3, -0.25) is 0 Å². The maximum Gasteiger partial charge on any atom is 0.321 e. The summed E-state index contributed by atoms with van der Waals surface area (Å²) in [6, 6.07) is 6.40. The van der Waals surface area contributed by atoms with E-state index in [2.05, 4.69) is 17.6 Å². The highest BCUT2D eigenvalue weighted by molar-refractivity contribution is 5.89. The minimum absolute atomic E-state index is 0.220. The second-order valence-electron chi connectivity index (χ2n) is 5.50. The lowest BCUT2D eigenvalue weighted by molar-refractivity contribution is 0.205. The minimum atomic E-state index is -0.403. The van der Waals surface area contributed by atoms with E-state index < -0.39 is 5.82 Å². The van der Waals surface area contributed by atoms with Crippen LogP contribution in [0.3, 0.4) is 0 Å². The van der Waals surface area contributed by atoms with Crippen molar-refractivity contribution < 1.29 is 9.18 Å². The summed E-state index contributed by atoms with van der Waals surface area (Å²) >= 11 is 0. The van der Waals surface area contributed by atoms with Gasteiger partial charge in [0.25, 0.3) is 0 Å². The molecule has 116 valence electrons. The van der Waals surface area contributed by atoms with Crippen molar-refractivity contribution in [3.8, 4) is 0 Å². The van der Waals surface area contributed by atoms with Gasteiger partial charge in [0.2, 0.25) is 0 Å². The number of anilines is 1. The summed E-state index contributed by atoms with van der Waals surface area (Å²) in [7, 11) is 0. The number of amides is 2. The van der Waals surface area contributed by atoms with E-state index in [9.17, 15) is 9.18 Å². The Kier molecular flexibility index (Phi) is 5.99. The molecular formula is C16H24FN3O. The zero-order chi connectivity index (χ0) is 15.1. The van der Waals surface area contributed by atoms with Gasteiger partial charge in [0.1, 0.15) is 5.82 Å². The quantitative estimate of drug-likeness (QED) is 0.846. The number of halogens is 1. The van der Waals surface area contributed by atoms with E-state index in [4.69, 9.17) is 0 Å². The SMILES string of the molecule is CCCCN(CC1CCCN1)C(=O)Nc1ccccc1F. The molecule has 1 saturated heterocycles. The highest BCUT2D eigenvalue weighted by Crippen LogP contribution is 2.14. The molecule has 1 aliphatic rings. The summed E-state index contributed by atoms with van der Waals surface area (Å²) in [4.78, 5) is 14.2. The molecular weight excluding hydrogens is 269 g/mol. The second kappa shape index (κ2) is 7.98. The number of nitrogens with zero attached hydrogens (tertiary/aromatic N) is 1. The van der Waals surface area contributed by atoms with Crippen LogP contribution in [0.25, 0.3) is 0 Å². The van der Waals surface area contributed by atoms with E-state index in [1.165, 1.54) is 6.07 Å². The number of hydrogen-bond donors (Lipinski definition) is 2. The Morgan fingerprint density at radius 3 is 2.95 bits per heavy atom. The lowest BCUT2D eigenvalue weighted by Gasteiger charge is -2.26. The van der Waals surface area contributed by atoms with Gasteiger partial charge in [-0.2, -0.15) is 0 Å². The first-order chi connectivity index (χ1) is 10.2. The van der Waals surface area contributed by atoms with Gasteiger partial charge in [-0.15, -0.1) is 0 Å². The predicted octanol–water partition coefficient (Wildman–Crippen LogP) is 3.21.